The minimum absolute atomic E-state index is 0.0156. The van der Waals surface area contributed by atoms with Crippen molar-refractivity contribution in [3.05, 3.63) is 88.5 Å². The summed E-state index contributed by atoms with van der Waals surface area (Å²) >= 11 is 0. The third kappa shape index (κ3) is 4.61. The van der Waals surface area contributed by atoms with E-state index in [1.54, 1.807) is 6.07 Å². The summed E-state index contributed by atoms with van der Waals surface area (Å²) in [5.74, 6) is 1.83. The van der Waals surface area contributed by atoms with Crippen LogP contribution in [0.15, 0.2) is 72.8 Å². The van der Waals surface area contributed by atoms with Crippen LogP contribution in [-0.4, -0.2) is 27.2 Å². The van der Waals surface area contributed by atoms with Gasteiger partial charge >= 0.3 is 0 Å². The van der Waals surface area contributed by atoms with Gasteiger partial charge in [-0.25, -0.2) is 4.98 Å². The Balaban J connectivity index is 1.32. The van der Waals surface area contributed by atoms with E-state index < -0.39 is 4.92 Å². The Morgan fingerprint density at radius 2 is 1.77 bits per heavy atom. The first-order valence-electron chi connectivity index (χ1n) is 9.28. The van der Waals surface area contributed by atoms with Crippen LogP contribution in [0, 0.1) is 10.1 Å². The average molecular weight is 402 g/mol. The fraction of sp³-hybridized carbons (Fsp3) is 0.0909. The number of ketones is 1. The molecular formula is C22H18N4O4. The van der Waals surface area contributed by atoms with Gasteiger partial charge in [0.15, 0.2) is 5.78 Å². The van der Waals surface area contributed by atoms with Crippen LogP contribution in [0.2, 0.25) is 0 Å². The second-order valence-corrected chi connectivity index (χ2v) is 6.67. The summed E-state index contributed by atoms with van der Waals surface area (Å²) in [6.07, 6.45) is 0.268. The topological polar surface area (TPSA) is 110 Å². The number of imidazole rings is 1. The van der Waals surface area contributed by atoms with E-state index in [9.17, 15) is 14.9 Å². The number of nitrogens with zero attached hydrogens (tertiary/aromatic N) is 2. The highest BCUT2D eigenvalue weighted by atomic mass is 16.6. The van der Waals surface area contributed by atoms with Gasteiger partial charge in [0.2, 0.25) is 5.95 Å². The zero-order valence-electron chi connectivity index (χ0n) is 15.9. The monoisotopic (exact) mass is 402 g/mol. The van der Waals surface area contributed by atoms with Crippen LogP contribution in [0.3, 0.4) is 0 Å². The molecule has 8 nitrogen and oxygen atoms in total. The number of nitrogens with one attached hydrogen (secondary N) is 2. The first-order valence-corrected chi connectivity index (χ1v) is 9.28. The zero-order valence-corrected chi connectivity index (χ0v) is 15.9. The SMILES string of the molecule is O=C(CNc1nc2ccc([N+](=O)[O-])cc2[nH]1)Cc1ccc(Oc2ccccc2)cc1. The number of hydrogen-bond acceptors (Lipinski definition) is 6. The molecule has 0 unspecified atom stereocenters. The third-order valence-corrected chi connectivity index (χ3v) is 4.43. The molecule has 30 heavy (non-hydrogen) atoms. The molecule has 8 heteroatoms. The van der Waals surface area contributed by atoms with E-state index in [-0.39, 0.29) is 24.4 Å². The largest absolute Gasteiger partial charge is 0.457 e. The Labute approximate surface area is 171 Å². The quantitative estimate of drug-likeness (QED) is 0.332. The fourth-order valence-electron chi connectivity index (χ4n) is 2.97. The van der Waals surface area contributed by atoms with Crippen molar-refractivity contribution in [1.29, 1.82) is 0 Å². The molecule has 4 aromatic rings. The van der Waals surface area contributed by atoms with Crippen molar-refractivity contribution in [1.82, 2.24) is 9.97 Å². The van der Waals surface area contributed by atoms with Gasteiger partial charge in [0.05, 0.1) is 22.5 Å². The maximum atomic E-state index is 12.3. The summed E-state index contributed by atoms with van der Waals surface area (Å²) in [7, 11) is 0. The molecule has 0 amide bonds. The van der Waals surface area contributed by atoms with Crippen molar-refractivity contribution in [2.45, 2.75) is 6.42 Å². The third-order valence-electron chi connectivity index (χ3n) is 4.43. The number of Topliss-reactive ketones (excluding diaryl/α,β-unsaturated/α-hetero) is 1. The van der Waals surface area contributed by atoms with Gasteiger partial charge in [-0.15, -0.1) is 0 Å². The molecule has 0 radical (unpaired) electrons. The van der Waals surface area contributed by atoms with E-state index in [4.69, 9.17) is 4.74 Å². The Bertz CT molecular complexity index is 1190. The molecule has 1 aromatic heterocycles. The van der Waals surface area contributed by atoms with Gasteiger partial charge in [0.1, 0.15) is 11.5 Å². The smallest absolute Gasteiger partial charge is 0.271 e. The molecule has 0 fully saturated rings. The molecule has 0 bridgehead atoms. The lowest BCUT2D eigenvalue weighted by Crippen LogP contribution is -2.16. The maximum absolute atomic E-state index is 12.3. The van der Waals surface area contributed by atoms with Crippen molar-refractivity contribution in [2.24, 2.45) is 0 Å². The number of nitro benzene ring substituents is 1. The van der Waals surface area contributed by atoms with E-state index in [1.807, 2.05) is 54.6 Å². The highest BCUT2D eigenvalue weighted by molar-refractivity contribution is 5.85. The number of fused-ring (bicyclic) bond motifs is 1. The minimum atomic E-state index is -0.465. The van der Waals surface area contributed by atoms with Crippen LogP contribution in [-0.2, 0) is 11.2 Å². The summed E-state index contributed by atoms with van der Waals surface area (Å²) in [4.78, 5) is 29.9. The van der Waals surface area contributed by atoms with Crippen LogP contribution in [0.5, 0.6) is 11.5 Å². The van der Waals surface area contributed by atoms with Crippen LogP contribution in [0.1, 0.15) is 5.56 Å². The number of anilines is 1. The zero-order chi connectivity index (χ0) is 20.9. The number of aromatic nitrogens is 2. The summed E-state index contributed by atoms with van der Waals surface area (Å²) < 4.78 is 5.74. The van der Waals surface area contributed by atoms with E-state index >= 15 is 0 Å². The van der Waals surface area contributed by atoms with Crippen molar-refractivity contribution < 1.29 is 14.5 Å². The molecule has 2 N–H and O–H groups in total. The molecule has 0 aliphatic carbocycles. The first kappa shape index (κ1) is 19.1. The molecule has 4 rings (SSSR count). The summed E-state index contributed by atoms with van der Waals surface area (Å²) in [5, 5.41) is 13.8. The van der Waals surface area contributed by atoms with Gasteiger partial charge in [-0.3, -0.25) is 14.9 Å². The van der Waals surface area contributed by atoms with Crippen LogP contribution < -0.4 is 10.1 Å². The van der Waals surface area contributed by atoms with E-state index in [0.29, 0.717) is 22.7 Å². The average Bonchev–Trinajstić information content (AvgIpc) is 3.16. The van der Waals surface area contributed by atoms with E-state index in [1.165, 1.54) is 12.1 Å². The summed E-state index contributed by atoms with van der Waals surface area (Å²) in [6, 6.07) is 21.2. The lowest BCUT2D eigenvalue weighted by atomic mass is 10.1. The van der Waals surface area contributed by atoms with Gasteiger partial charge in [-0.2, -0.15) is 0 Å². The molecule has 0 saturated heterocycles. The van der Waals surface area contributed by atoms with Gasteiger partial charge < -0.3 is 15.0 Å². The lowest BCUT2D eigenvalue weighted by molar-refractivity contribution is -0.384. The Morgan fingerprint density at radius 1 is 1.03 bits per heavy atom. The molecule has 3 aromatic carbocycles. The predicted molar refractivity (Wildman–Crippen MR) is 113 cm³/mol. The molecule has 1 heterocycles. The first-order chi connectivity index (χ1) is 14.6. The van der Waals surface area contributed by atoms with Gasteiger partial charge in [0, 0.05) is 18.6 Å². The van der Waals surface area contributed by atoms with Gasteiger partial charge in [0.25, 0.3) is 5.69 Å². The van der Waals surface area contributed by atoms with Crippen molar-refractivity contribution in [3.8, 4) is 11.5 Å². The number of carbonyl (C=O) groups is 1. The number of para-hydroxylation sites is 1. The van der Waals surface area contributed by atoms with Crippen molar-refractivity contribution in [2.75, 3.05) is 11.9 Å². The second-order valence-electron chi connectivity index (χ2n) is 6.67. The molecule has 150 valence electrons. The molecule has 0 spiro atoms. The number of carbonyl (C=O) groups excluding carboxylic acids is 1. The Kier molecular flexibility index (Phi) is 5.38. The van der Waals surface area contributed by atoms with Crippen LogP contribution >= 0.6 is 0 Å². The molecular weight excluding hydrogens is 384 g/mol. The van der Waals surface area contributed by atoms with Gasteiger partial charge in [-0.1, -0.05) is 30.3 Å². The van der Waals surface area contributed by atoms with E-state index in [0.717, 1.165) is 11.3 Å². The number of aromatic amines is 1. The summed E-state index contributed by atoms with van der Waals surface area (Å²) in [5.41, 5.74) is 1.98. The number of hydrogen-bond donors (Lipinski definition) is 2. The fourth-order valence-corrected chi connectivity index (χ4v) is 2.97. The minimum Gasteiger partial charge on any atom is -0.457 e. The molecule has 0 aliphatic heterocycles. The number of nitro groups is 1. The highest BCUT2D eigenvalue weighted by Crippen LogP contribution is 2.22. The normalized spacial score (nSPS) is 10.7. The van der Waals surface area contributed by atoms with Crippen LogP contribution in [0.4, 0.5) is 11.6 Å². The number of benzene rings is 3. The lowest BCUT2D eigenvalue weighted by Gasteiger charge is -2.07. The Hall–Kier alpha value is -4.20. The van der Waals surface area contributed by atoms with Crippen molar-refractivity contribution in [3.63, 3.8) is 0 Å². The Morgan fingerprint density at radius 3 is 2.50 bits per heavy atom. The van der Waals surface area contributed by atoms with Gasteiger partial charge in [-0.05, 0) is 35.9 Å². The number of ether oxygens (including phenoxy) is 1. The standard InChI is InChI=1S/C22H18N4O4/c27-17(12-15-6-9-19(10-7-15)30-18-4-2-1-3-5-18)14-23-22-24-20-11-8-16(26(28)29)13-21(20)25-22/h1-11,13H,12,14H2,(H2,23,24,25). The van der Waals surface area contributed by atoms with E-state index in [2.05, 4.69) is 15.3 Å². The molecule has 0 atom stereocenters. The summed E-state index contributed by atoms with van der Waals surface area (Å²) in [6.45, 7) is 0.0875. The highest BCUT2D eigenvalue weighted by Gasteiger charge is 2.11. The van der Waals surface area contributed by atoms with Crippen molar-refractivity contribution >= 4 is 28.5 Å². The molecule has 0 saturated carbocycles. The maximum Gasteiger partial charge on any atom is 0.271 e. The predicted octanol–water partition coefficient (Wildman–Crippen LogP) is 4.49. The second kappa shape index (κ2) is 8.44. The molecule has 0 aliphatic rings. The number of non-ortho nitro benzene ring substituents is 1. The van der Waals surface area contributed by atoms with Crippen LogP contribution in [0.25, 0.3) is 11.0 Å². The number of H-pyrrole nitrogens is 1. The number of rotatable bonds is 8.